The zero-order chi connectivity index (χ0) is 27.6. The van der Waals surface area contributed by atoms with Crippen LogP contribution in [0.5, 0.6) is 11.6 Å². The third kappa shape index (κ3) is 6.22. The Morgan fingerprint density at radius 1 is 1.05 bits per heavy atom. The summed E-state index contributed by atoms with van der Waals surface area (Å²) in [5.41, 5.74) is 2.78. The fourth-order valence-electron chi connectivity index (χ4n) is 4.97. The Bertz CT molecular complexity index is 1430. The molecule has 39 heavy (non-hydrogen) atoms. The summed E-state index contributed by atoms with van der Waals surface area (Å²) < 4.78 is 49.2. The van der Waals surface area contributed by atoms with Crippen molar-refractivity contribution in [2.75, 3.05) is 26.2 Å². The standard InChI is InChI=1S/C27H29F3N6O2S/c1-36(24-21-11-20(13-27(28,29)30)39-26(21)33-15-32-24)19-9-8-18(10-19)31-14-16-4-6-17(7-5-16)22-12-23(37-2)25(38-3)35-34-22/h4-7,11-12,15,18-19,31H,8-10,13-14H2,1-3H3/t18-,19+/m0/s1. The third-order valence-corrected chi connectivity index (χ3v) is 8.05. The highest BCUT2D eigenvalue weighted by Crippen LogP contribution is 2.36. The number of benzene rings is 1. The van der Waals surface area contributed by atoms with Crippen LogP contribution in [0.4, 0.5) is 19.0 Å². The number of ether oxygens (including phenoxy) is 2. The average molecular weight is 559 g/mol. The zero-order valence-electron chi connectivity index (χ0n) is 21.8. The molecular formula is C27H29F3N6O2S. The first-order chi connectivity index (χ1) is 18.7. The Balaban J connectivity index is 1.19. The van der Waals surface area contributed by atoms with Crippen molar-refractivity contribution in [1.82, 2.24) is 25.5 Å². The number of hydrogen-bond acceptors (Lipinski definition) is 9. The predicted octanol–water partition coefficient (Wildman–Crippen LogP) is 5.42. The third-order valence-electron chi connectivity index (χ3n) is 7.01. The van der Waals surface area contributed by atoms with E-state index in [-0.39, 0.29) is 10.9 Å². The number of halogens is 3. The predicted molar refractivity (Wildman–Crippen MR) is 144 cm³/mol. The van der Waals surface area contributed by atoms with Crippen LogP contribution in [-0.2, 0) is 13.0 Å². The van der Waals surface area contributed by atoms with Gasteiger partial charge in [0.15, 0.2) is 5.75 Å². The van der Waals surface area contributed by atoms with Gasteiger partial charge in [-0.15, -0.1) is 21.5 Å². The van der Waals surface area contributed by atoms with Crippen molar-refractivity contribution in [3.8, 4) is 22.9 Å². The van der Waals surface area contributed by atoms with Gasteiger partial charge >= 0.3 is 6.18 Å². The number of alkyl halides is 3. The lowest BCUT2D eigenvalue weighted by Gasteiger charge is -2.26. The first kappa shape index (κ1) is 27.1. The van der Waals surface area contributed by atoms with Crippen molar-refractivity contribution >= 4 is 27.4 Å². The van der Waals surface area contributed by atoms with Crippen LogP contribution >= 0.6 is 11.3 Å². The molecule has 1 N–H and O–H groups in total. The molecule has 1 aliphatic carbocycles. The van der Waals surface area contributed by atoms with Gasteiger partial charge in [-0.1, -0.05) is 24.3 Å². The zero-order valence-corrected chi connectivity index (χ0v) is 22.6. The fraction of sp³-hybridized carbons (Fsp3) is 0.407. The molecule has 1 aliphatic rings. The van der Waals surface area contributed by atoms with Crippen molar-refractivity contribution in [1.29, 1.82) is 0 Å². The van der Waals surface area contributed by atoms with Gasteiger partial charge in [0.05, 0.1) is 31.7 Å². The van der Waals surface area contributed by atoms with Crippen LogP contribution in [0.25, 0.3) is 21.5 Å². The molecule has 3 heterocycles. The van der Waals surface area contributed by atoms with E-state index in [2.05, 4.69) is 42.5 Å². The minimum Gasteiger partial charge on any atom is -0.491 e. The molecule has 1 aromatic carbocycles. The highest BCUT2D eigenvalue weighted by molar-refractivity contribution is 7.18. The van der Waals surface area contributed by atoms with Crippen molar-refractivity contribution in [2.45, 2.75) is 50.5 Å². The summed E-state index contributed by atoms with van der Waals surface area (Å²) in [6.45, 7) is 0.724. The normalized spacial score (nSPS) is 17.5. The number of rotatable bonds is 9. The quantitative estimate of drug-likeness (QED) is 0.292. The van der Waals surface area contributed by atoms with Crippen molar-refractivity contribution in [2.24, 2.45) is 0 Å². The molecule has 0 radical (unpaired) electrons. The maximum Gasteiger partial charge on any atom is 0.393 e. The van der Waals surface area contributed by atoms with Crippen LogP contribution in [0.1, 0.15) is 29.7 Å². The molecule has 8 nitrogen and oxygen atoms in total. The van der Waals surface area contributed by atoms with E-state index in [0.29, 0.717) is 39.4 Å². The lowest BCUT2D eigenvalue weighted by atomic mass is 10.1. The molecule has 0 bridgehead atoms. The topological polar surface area (TPSA) is 85.3 Å². The van der Waals surface area contributed by atoms with Crippen molar-refractivity contribution < 1.29 is 22.6 Å². The smallest absolute Gasteiger partial charge is 0.393 e. The van der Waals surface area contributed by atoms with Crippen LogP contribution in [0.15, 0.2) is 42.7 Å². The molecule has 12 heteroatoms. The van der Waals surface area contributed by atoms with Gasteiger partial charge in [-0.25, -0.2) is 9.97 Å². The summed E-state index contributed by atoms with van der Waals surface area (Å²) in [6, 6.07) is 12.1. The average Bonchev–Trinajstić information content (AvgIpc) is 3.57. The summed E-state index contributed by atoms with van der Waals surface area (Å²) in [4.78, 5) is 11.6. The number of nitrogens with one attached hydrogen (secondary N) is 1. The van der Waals surface area contributed by atoms with Crippen LogP contribution in [-0.4, -0.2) is 59.7 Å². The van der Waals surface area contributed by atoms with Crippen LogP contribution in [0.2, 0.25) is 0 Å². The monoisotopic (exact) mass is 558 g/mol. The molecule has 2 atom stereocenters. The largest absolute Gasteiger partial charge is 0.491 e. The van der Waals surface area contributed by atoms with E-state index in [9.17, 15) is 13.2 Å². The molecule has 4 aromatic rings. The van der Waals surface area contributed by atoms with Crippen molar-refractivity contribution in [3.63, 3.8) is 0 Å². The van der Waals surface area contributed by atoms with E-state index >= 15 is 0 Å². The summed E-state index contributed by atoms with van der Waals surface area (Å²) in [6.07, 6.45) is -0.871. The van der Waals surface area contributed by atoms with Crippen LogP contribution < -0.4 is 19.7 Å². The number of hydrogen-bond donors (Lipinski definition) is 1. The van der Waals surface area contributed by atoms with E-state index in [1.165, 1.54) is 13.4 Å². The number of anilines is 1. The highest BCUT2D eigenvalue weighted by Gasteiger charge is 2.31. The molecule has 0 unspecified atom stereocenters. The van der Waals surface area contributed by atoms with Gasteiger partial charge in [-0.05, 0) is 30.9 Å². The number of methoxy groups -OCH3 is 2. The first-order valence-electron chi connectivity index (χ1n) is 12.6. The summed E-state index contributed by atoms with van der Waals surface area (Å²) in [5, 5.41) is 12.6. The molecule has 1 fully saturated rings. The molecule has 0 aliphatic heterocycles. The Kier molecular flexibility index (Phi) is 7.85. The molecule has 3 aromatic heterocycles. The summed E-state index contributed by atoms with van der Waals surface area (Å²) in [7, 11) is 5.05. The Morgan fingerprint density at radius 2 is 1.85 bits per heavy atom. The van der Waals surface area contributed by atoms with Crippen LogP contribution in [0.3, 0.4) is 0 Å². The first-order valence-corrected chi connectivity index (χ1v) is 13.4. The second-order valence-electron chi connectivity index (χ2n) is 9.58. The second kappa shape index (κ2) is 11.3. The minimum absolute atomic E-state index is 0.234. The molecule has 206 valence electrons. The molecule has 0 spiro atoms. The fourth-order valence-corrected chi connectivity index (χ4v) is 6.00. The van der Waals surface area contributed by atoms with E-state index in [0.717, 1.165) is 48.3 Å². The molecule has 1 saturated carbocycles. The Labute approximate surface area is 228 Å². The molecular weight excluding hydrogens is 529 g/mol. The Hall–Kier alpha value is -3.51. The SMILES string of the molecule is COc1cc(-c2ccc(CN[C@H]3CC[C@@H](N(C)c4ncnc5sc(CC(F)(F)F)cc45)C3)cc2)nnc1OC. The second-order valence-corrected chi connectivity index (χ2v) is 10.7. The van der Waals surface area contributed by atoms with Crippen molar-refractivity contribution in [3.05, 3.63) is 53.2 Å². The number of aromatic nitrogens is 4. The van der Waals surface area contributed by atoms with Gasteiger partial charge < -0.3 is 19.7 Å². The maximum absolute atomic E-state index is 12.9. The van der Waals surface area contributed by atoms with Crippen LogP contribution in [0, 0.1) is 0 Å². The van der Waals surface area contributed by atoms with E-state index < -0.39 is 12.6 Å². The Morgan fingerprint density at radius 3 is 2.56 bits per heavy atom. The van der Waals surface area contributed by atoms with E-state index in [1.54, 1.807) is 19.2 Å². The molecule has 5 rings (SSSR count). The molecule has 0 amide bonds. The number of nitrogens with zero attached hydrogens (tertiary/aromatic N) is 5. The van der Waals surface area contributed by atoms with Gasteiger partial charge in [0.1, 0.15) is 17.0 Å². The number of thiophene rings is 1. The summed E-state index contributed by atoms with van der Waals surface area (Å²) >= 11 is 1.08. The summed E-state index contributed by atoms with van der Waals surface area (Å²) in [5.74, 6) is 1.55. The van der Waals surface area contributed by atoms with Gasteiger partial charge in [0.2, 0.25) is 0 Å². The maximum atomic E-state index is 12.9. The lowest BCUT2D eigenvalue weighted by molar-refractivity contribution is -0.126. The van der Waals surface area contributed by atoms with Gasteiger partial charge in [0.25, 0.3) is 5.88 Å². The van der Waals surface area contributed by atoms with E-state index in [1.807, 2.05) is 19.2 Å². The minimum atomic E-state index is -4.25. The van der Waals surface area contributed by atoms with Gasteiger partial charge in [-0.2, -0.15) is 13.2 Å². The number of fused-ring (bicyclic) bond motifs is 1. The van der Waals surface area contributed by atoms with Gasteiger partial charge in [0, 0.05) is 42.2 Å². The van der Waals surface area contributed by atoms with Gasteiger partial charge in [-0.3, -0.25) is 0 Å². The highest BCUT2D eigenvalue weighted by atomic mass is 32.1. The van der Waals surface area contributed by atoms with E-state index in [4.69, 9.17) is 9.47 Å². The molecule has 0 saturated heterocycles. The lowest BCUT2D eigenvalue weighted by Crippen LogP contribution is -2.33.